The molecule has 0 radical (unpaired) electrons. The van der Waals surface area contributed by atoms with Crippen molar-refractivity contribution < 1.29 is 0 Å². The van der Waals surface area contributed by atoms with Gasteiger partial charge in [-0.2, -0.15) is 0 Å². The predicted molar refractivity (Wildman–Crippen MR) is 39.1 cm³/mol. The van der Waals surface area contributed by atoms with Gasteiger partial charge in [0.25, 0.3) is 0 Å². The first-order valence-electron chi connectivity index (χ1n) is 2.96. The van der Waals surface area contributed by atoms with Crippen molar-refractivity contribution in [2.24, 2.45) is 7.05 Å². The summed E-state index contributed by atoms with van der Waals surface area (Å²) in [5.74, 6) is 0. The van der Waals surface area contributed by atoms with E-state index in [9.17, 15) is 0 Å². The maximum absolute atomic E-state index is 5.61. The molecule has 5 nitrogen and oxygen atoms in total. The molecule has 2 aromatic heterocycles. The number of fused-ring (bicyclic) bond motifs is 1. The number of rotatable bonds is 0. The number of nitrogens with zero attached hydrogens (tertiary/aromatic N) is 5. The lowest BCUT2D eigenvalue weighted by Gasteiger charge is -1.89. The summed E-state index contributed by atoms with van der Waals surface area (Å²) in [4.78, 5) is 0. The summed E-state index contributed by atoms with van der Waals surface area (Å²) in [7, 11) is 1.77. The van der Waals surface area contributed by atoms with Crippen LogP contribution >= 0.6 is 11.6 Å². The number of aryl methyl sites for hydroxylation is 1. The van der Waals surface area contributed by atoms with Crippen LogP contribution in [-0.4, -0.2) is 25.2 Å². The van der Waals surface area contributed by atoms with E-state index >= 15 is 0 Å². The second-order valence-electron chi connectivity index (χ2n) is 2.09. The molecule has 0 N–H and O–H groups in total. The zero-order chi connectivity index (χ0) is 7.84. The van der Waals surface area contributed by atoms with Crippen LogP contribution < -0.4 is 0 Å². The molecule has 0 aliphatic carbocycles. The minimum Gasteiger partial charge on any atom is -0.246 e. The molecule has 0 saturated carbocycles. The largest absolute Gasteiger partial charge is 0.246 e. The Balaban J connectivity index is 2.87. The fourth-order valence-corrected chi connectivity index (χ4v) is 0.961. The number of hydrogen-bond donors (Lipinski definition) is 0. The fraction of sp³-hybridized carbons (Fsp3) is 0.200. The number of halogens is 1. The van der Waals surface area contributed by atoms with Crippen molar-refractivity contribution in [3.8, 4) is 0 Å². The molecular weight excluding hydrogens is 166 g/mol. The Hall–Kier alpha value is -1.23. The van der Waals surface area contributed by atoms with Gasteiger partial charge in [0.15, 0.2) is 5.15 Å². The first-order valence-corrected chi connectivity index (χ1v) is 3.34. The van der Waals surface area contributed by atoms with Crippen LogP contribution in [0.15, 0.2) is 6.07 Å². The summed E-state index contributed by atoms with van der Waals surface area (Å²) in [5, 5.41) is 15.2. The molecule has 0 atom stereocenters. The van der Waals surface area contributed by atoms with Crippen LogP contribution in [0.25, 0.3) is 11.2 Å². The van der Waals surface area contributed by atoms with E-state index in [1.807, 2.05) is 0 Å². The average Bonchev–Trinajstić information content (AvgIpc) is 2.33. The Labute approximate surface area is 67.0 Å². The zero-order valence-electron chi connectivity index (χ0n) is 5.69. The third-order valence-corrected chi connectivity index (χ3v) is 1.53. The number of hydrogen-bond acceptors (Lipinski definition) is 4. The quantitative estimate of drug-likeness (QED) is 0.573. The molecule has 0 aliphatic rings. The summed E-state index contributed by atoms with van der Waals surface area (Å²) < 4.78 is 1.59. The lowest BCUT2D eigenvalue weighted by molar-refractivity contribution is 0.736. The minimum absolute atomic E-state index is 0.350. The van der Waals surface area contributed by atoms with E-state index in [0.717, 1.165) is 5.52 Å². The highest BCUT2D eigenvalue weighted by atomic mass is 35.5. The van der Waals surface area contributed by atoms with E-state index in [-0.39, 0.29) is 0 Å². The fourth-order valence-electron chi connectivity index (χ4n) is 0.820. The van der Waals surface area contributed by atoms with Gasteiger partial charge in [-0.15, -0.1) is 15.3 Å². The van der Waals surface area contributed by atoms with Gasteiger partial charge in [-0.05, 0) is 0 Å². The van der Waals surface area contributed by atoms with Crippen molar-refractivity contribution in [3.63, 3.8) is 0 Å². The van der Waals surface area contributed by atoms with Crippen molar-refractivity contribution in [2.75, 3.05) is 0 Å². The Bertz CT molecular complexity index is 395. The predicted octanol–water partition coefficient (Wildman–Crippen LogP) is 0.412. The summed E-state index contributed by atoms with van der Waals surface area (Å²) in [6.07, 6.45) is 0. The van der Waals surface area contributed by atoms with Gasteiger partial charge in [-0.25, -0.2) is 4.68 Å². The highest BCUT2D eigenvalue weighted by Gasteiger charge is 2.02. The van der Waals surface area contributed by atoms with Crippen molar-refractivity contribution in [2.45, 2.75) is 0 Å². The summed E-state index contributed by atoms with van der Waals surface area (Å²) in [6.45, 7) is 0. The first kappa shape index (κ1) is 6.48. The lowest BCUT2D eigenvalue weighted by Crippen LogP contribution is -1.90. The van der Waals surface area contributed by atoms with Crippen molar-refractivity contribution in [1.29, 1.82) is 0 Å². The van der Waals surface area contributed by atoms with Gasteiger partial charge < -0.3 is 0 Å². The first-order chi connectivity index (χ1) is 5.27. The van der Waals surface area contributed by atoms with Gasteiger partial charge in [0.1, 0.15) is 5.52 Å². The lowest BCUT2D eigenvalue weighted by atomic mass is 10.5. The molecule has 6 heteroatoms. The molecule has 0 spiro atoms. The molecule has 0 fully saturated rings. The Morgan fingerprint density at radius 2 is 2.18 bits per heavy atom. The second kappa shape index (κ2) is 2.13. The third-order valence-electron chi connectivity index (χ3n) is 1.35. The summed E-state index contributed by atoms with van der Waals surface area (Å²) in [6, 6.07) is 1.67. The van der Waals surface area contributed by atoms with Crippen LogP contribution in [0.3, 0.4) is 0 Å². The van der Waals surface area contributed by atoms with E-state index in [1.165, 1.54) is 0 Å². The highest BCUT2D eigenvalue weighted by molar-refractivity contribution is 6.29. The van der Waals surface area contributed by atoms with Gasteiger partial charge in [0.2, 0.25) is 5.65 Å². The summed E-state index contributed by atoms with van der Waals surface area (Å²) >= 11 is 5.61. The van der Waals surface area contributed by atoms with Gasteiger partial charge in [-0.3, -0.25) is 0 Å². The molecule has 0 saturated heterocycles. The molecule has 2 heterocycles. The molecule has 2 rings (SSSR count). The van der Waals surface area contributed by atoms with E-state index in [2.05, 4.69) is 20.5 Å². The Morgan fingerprint density at radius 1 is 1.36 bits per heavy atom. The molecule has 0 bridgehead atoms. The zero-order valence-corrected chi connectivity index (χ0v) is 6.45. The molecule has 0 amide bonds. The standard InChI is InChI=1S/C5H4ClN5/c1-11-3-2-4(6)7-8-5(3)9-10-11/h2H,1H3. The Kier molecular flexibility index (Phi) is 1.25. The van der Waals surface area contributed by atoms with Gasteiger partial charge >= 0.3 is 0 Å². The molecule has 0 aliphatic heterocycles. The van der Waals surface area contributed by atoms with E-state index < -0.39 is 0 Å². The maximum atomic E-state index is 5.61. The van der Waals surface area contributed by atoms with Crippen LogP contribution in [0.4, 0.5) is 0 Å². The molecule has 2 aromatic rings. The van der Waals surface area contributed by atoms with Gasteiger partial charge in [0.05, 0.1) is 0 Å². The Morgan fingerprint density at radius 3 is 3.00 bits per heavy atom. The second-order valence-corrected chi connectivity index (χ2v) is 2.48. The van der Waals surface area contributed by atoms with Crippen LogP contribution in [0.2, 0.25) is 5.15 Å². The average molecular weight is 170 g/mol. The molecule has 0 aromatic carbocycles. The smallest absolute Gasteiger partial charge is 0.223 e. The van der Waals surface area contributed by atoms with Crippen molar-refractivity contribution in [1.82, 2.24) is 25.2 Å². The summed E-state index contributed by atoms with van der Waals surface area (Å²) in [5.41, 5.74) is 1.29. The minimum atomic E-state index is 0.350. The number of aromatic nitrogens is 5. The topological polar surface area (TPSA) is 56.5 Å². The highest BCUT2D eigenvalue weighted by Crippen LogP contribution is 2.09. The van der Waals surface area contributed by atoms with Crippen molar-refractivity contribution in [3.05, 3.63) is 11.2 Å². The monoisotopic (exact) mass is 169 g/mol. The SMILES string of the molecule is Cn1nnc2nnc(Cl)cc21. The normalized spacial score (nSPS) is 10.7. The maximum Gasteiger partial charge on any atom is 0.223 e. The molecular formula is C5H4ClN5. The van der Waals surface area contributed by atoms with Gasteiger partial charge in [-0.1, -0.05) is 16.8 Å². The molecule has 11 heavy (non-hydrogen) atoms. The van der Waals surface area contributed by atoms with E-state index in [4.69, 9.17) is 11.6 Å². The van der Waals surface area contributed by atoms with Crippen LogP contribution in [0.1, 0.15) is 0 Å². The van der Waals surface area contributed by atoms with Crippen LogP contribution in [0.5, 0.6) is 0 Å². The molecule has 56 valence electrons. The van der Waals surface area contributed by atoms with E-state index in [0.29, 0.717) is 10.8 Å². The van der Waals surface area contributed by atoms with Crippen LogP contribution in [-0.2, 0) is 7.05 Å². The van der Waals surface area contributed by atoms with E-state index in [1.54, 1.807) is 17.8 Å². The molecule has 0 unspecified atom stereocenters. The third kappa shape index (κ3) is 0.932. The van der Waals surface area contributed by atoms with Crippen molar-refractivity contribution >= 4 is 22.8 Å². The van der Waals surface area contributed by atoms with Gasteiger partial charge in [0, 0.05) is 13.1 Å². The van der Waals surface area contributed by atoms with Crippen LogP contribution in [0, 0.1) is 0 Å².